The van der Waals surface area contributed by atoms with Gasteiger partial charge in [-0.15, -0.1) is 24.0 Å². The van der Waals surface area contributed by atoms with Crippen molar-refractivity contribution < 1.29 is 22.3 Å². The van der Waals surface area contributed by atoms with E-state index in [1.165, 1.54) is 17.0 Å². The van der Waals surface area contributed by atoms with Gasteiger partial charge in [-0.3, -0.25) is 9.89 Å². The van der Waals surface area contributed by atoms with E-state index in [9.17, 15) is 17.6 Å². The molecule has 1 aliphatic heterocycles. The number of guanidine groups is 1. The van der Waals surface area contributed by atoms with Crippen molar-refractivity contribution >= 4 is 29.9 Å². The fourth-order valence-electron chi connectivity index (χ4n) is 3.69. The standard InChI is InChI=1S/C21H32F4N4O.HI/c1-4-26-20(27-12-19(30-3)17-6-8-18(22)9-7-17)29-11-10-16(14-29)13-28(5-2)15-21(23,24)25;/h6-9,16,19H,4-5,10-15H2,1-3H3,(H,26,27);1H. The molecule has 1 aromatic carbocycles. The summed E-state index contributed by atoms with van der Waals surface area (Å²) in [6, 6.07) is 6.14. The van der Waals surface area contributed by atoms with Crippen LogP contribution in [-0.2, 0) is 4.74 Å². The van der Waals surface area contributed by atoms with E-state index in [4.69, 9.17) is 4.74 Å². The van der Waals surface area contributed by atoms with E-state index in [2.05, 4.69) is 15.2 Å². The summed E-state index contributed by atoms with van der Waals surface area (Å²) >= 11 is 0. The van der Waals surface area contributed by atoms with E-state index in [0.29, 0.717) is 32.7 Å². The molecule has 2 atom stereocenters. The lowest BCUT2D eigenvalue weighted by molar-refractivity contribution is -0.146. The van der Waals surface area contributed by atoms with E-state index in [1.54, 1.807) is 26.2 Å². The lowest BCUT2D eigenvalue weighted by atomic mass is 10.1. The Morgan fingerprint density at radius 2 is 1.97 bits per heavy atom. The molecule has 1 N–H and O–H groups in total. The highest BCUT2D eigenvalue weighted by atomic mass is 127. The van der Waals surface area contributed by atoms with Crippen LogP contribution in [-0.4, -0.2) is 74.9 Å². The Hall–Kier alpha value is -1.14. The highest BCUT2D eigenvalue weighted by Gasteiger charge is 2.33. The summed E-state index contributed by atoms with van der Waals surface area (Å²) in [5, 5.41) is 3.26. The topological polar surface area (TPSA) is 40.1 Å². The van der Waals surface area contributed by atoms with Crippen LogP contribution in [0.3, 0.4) is 0 Å². The fraction of sp³-hybridized carbons (Fsp3) is 0.667. The molecule has 5 nitrogen and oxygen atoms in total. The van der Waals surface area contributed by atoms with Crippen LogP contribution in [0.2, 0.25) is 0 Å². The van der Waals surface area contributed by atoms with E-state index < -0.39 is 12.7 Å². The molecule has 0 amide bonds. The van der Waals surface area contributed by atoms with Crippen LogP contribution in [0.1, 0.15) is 31.9 Å². The molecule has 0 spiro atoms. The van der Waals surface area contributed by atoms with E-state index in [-0.39, 0.29) is 41.8 Å². The van der Waals surface area contributed by atoms with Crippen LogP contribution in [0.25, 0.3) is 0 Å². The van der Waals surface area contributed by atoms with Crippen LogP contribution in [0, 0.1) is 11.7 Å². The van der Waals surface area contributed by atoms with E-state index in [1.807, 2.05) is 6.92 Å². The van der Waals surface area contributed by atoms with Gasteiger partial charge in [-0.2, -0.15) is 13.2 Å². The molecule has 0 saturated carbocycles. The third kappa shape index (κ3) is 9.48. The zero-order valence-corrected chi connectivity index (χ0v) is 20.6. The zero-order chi connectivity index (χ0) is 22.1. The number of nitrogens with zero attached hydrogens (tertiary/aromatic N) is 3. The van der Waals surface area contributed by atoms with Gasteiger partial charge in [0.25, 0.3) is 0 Å². The van der Waals surface area contributed by atoms with E-state index in [0.717, 1.165) is 24.5 Å². The second-order valence-electron chi connectivity index (χ2n) is 7.51. The number of hydrogen-bond donors (Lipinski definition) is 1. The van der Waals surface area contributed by atoms with Gasteiger partial charge >= 0.3 is 6.18 Å². The van der Waals surface area contributed by atoms with Crippen LogP contribution < -0.4 is 5.32 Å². The molecule has 2 unspecified atom stereocenters. The number of halogens is 5. The maximum absolute atomic E-state index is 13.2. The Balaban J connectivity index is 0.00000480. The van der Waals surface area contributed by atoms with Crippen molar-refractivity contribution in [2.24, 2.45) is 10.9 Å². The molecular weight excluding hydrogens is 527 g/mol. The van der Waals surface area contributed by atoms with Crippen molar-refractivity contribution in [2.75, 3.05) is 52.9 Å². The second-order valence-corrected chi connectivity index (χ2v) is 7.51. The van der Waals surface area contributed by atoms with Gasteiger partial charge in [0.1, 0.15) is 11.9 Å². The van der Waals surface area contributed by atoms with Gasteiger partial charge in [0, 0.05) is 33.3 Å². The monoisotopic (exact) mass is 560 g/mol. The first-order valence-electron chi connectivity index (χ1n) is 10.4. The Kier molecular flexibility index (Phi) is 12.1. The molecule has 1 aromatic rings. The lowest BCUT2D eigenvalue weighted by Gasteiger charge is -2.26. The zero-order valence-electron chi connectivity index (χ0n) is 18.3. The molecular formula is C21H33F4IN4O. The minimum atomic E-state index is -4.18. The van der Waals surface area contributed by atoms with Crippen LogP contribution >= 0.6 is 24.0 Å². The molecule has 2 rings (SSSR count). The minimum absolute atomic E-state index is 0. The summed E-state index contributed by atoms with van der Waals surface area (Å²) in [4.78, 5) is 8.22. The predicted octanol–water partition coefficient (Wildman–Crippen LogP) is 4.30. The molecule has 0 aliphatic carbocycles. The molecule has 0 aromatic heterocycles. The van der Waals surface area contributed by atoms with Crippen molar-refractivity contribution in [3.05, 3.63) is 35.6 Å². The van der Waals surface area contributed by atoms with Crippen molar-refractivity contribution in [1.82, 2.24) is 15.1 Å². The number of ether oxygens (including phenoxy) is 1. The van der Waals surface area contributed by atoms with Gasteiger partial charge in [-0.05, 0) is 43.5 Å². The Labute approximate surface area is 199 Å². The Bertz CT molecular complexity index is 672. The van der Waals surface area contributed by atoms with Gasteiger partial charge in [-0.1, -0.05) is 19.1 Å². The summed E-state index contributed by atoms with van der Waals surface area (Å²) in [6.45, 7) is 6.09. The summed E-state index contributed by atoms with van der Waals surface area (Å²) in [6.07, 6.45) is -3.66. The first-order valence-corrected chi connectivity index (χ1v) is 10.4. The molecule has 1 aliphatic rings. The smallest absolute Gasteiger partial charge is 0.375 e. The number of rotatable bonds is 9. The maximum Gasteiger partial charge on any atom is 0.401 e. The number of likely N-dealkylation sites (tertiary alicyclic amines) is 1. The maximum atomic E-state index is 13.2. The predicted molar refractivity (Wildman–Crippen MR) is 125 cm³/mol. The Morgan fingerprint density at radius 3 is 2.52 bits per heavy atom. The summed E-state index contributed by atoms with van der Waals surface area (Å²) < 4.78 is 56.9. The molecule has 0 bridgehead atoms. The lowest BCUT2D eigenvalue weighted by Crippen LogP contribution is -2.42. The number of hydrogen-bond acceptors (Lipinski definition) is 3. The average Bonchev–Trinajstić information content (AvgIpc) is 3.15. The van der Waals surface area contributed by atoms with Crippen LogP contribution in [0.4, 0.5) is 17.6 Å². The van der Waals surface area contributed by atoms with Crippen LogP contribution in [0.5, 0.6) is 0 Å². The minimum Gasteiger partial charge on any atom is -0.375 e. The quantitative estimate of drug-likeness (QED) is 0.212. The number of alkyl halides is 3. The number of benzene rings is 1. The van der Waals surface area contributed by atoms with Crippen molar-refractivity contribution in [2.45, 2.75) is 32.5 Å². The van der Waals surface area contributed by atoms with E-state index >= 15 is 0 Å². The third-order valence-electron chi connectivity index (χ3n) is 5.22. The average molecular weight is 560 g/mol. The number of nitrogens with one attached hydrogen (secondary N) is 1. The van der Waals surface area contributed by atoms with Gasteiger partial charge in [0.15, 0.2) is 5.96 Å². The molecule has 1 fully saturated rings. The second kappa shape index (κ2) is 13.4. The molecule has 178 valence electrons. The molecule has 1 heterocycles. The number of aliphatic imine (C=N–C) groups is 1. The molecule has 0 radical (unpaired) electrons. The summed E-state index contributed by atoms with van der Waals surface area (Å²) in [5.74, 6) is 0.578. The van der Waals surface area contributed by atoms with Gasteiger partial charge < -0.3 is 15.0 Å². The normalized spacial score (nSPS) is 18.3. The highest BCUT2D eigenvalue weighted by Crippen LogP contribution is 2.22. The third-order valence-corrected chi connectivity index (χ3v) is 5.22. The Morgan fingerprint density at radius 1 is 1.29 bits per heavy atom. The van der Waals surface area contributed by atoms with Gasteiger partial charge in [0.2, 0.25) is 0 Å². The first kappa shape index (κ1) is 27.9. The SMILES string of the molecule is CCNC(=NCC(OC)c1ccc(F)cc1)N1CCC(CN(CC)CC(F)(F)F)C1.I. The van der Waals surface area contributed by atoms with Crippen molar-refractivity contribution in [3.8, 4) is 0 Å². The summed E-state index contributed by atoms with van der Waals surface area (Å²) in [5.41, 5.74) is 0.837. The largest absolute Gasteiger partial charge is 0.401 e. The fourth-order valence-corrected chi connectivity index (χ4v) is 3.69. The molecule has 1 saturated heterocycles. The van der Waals surface area contributed by atoms with Gasteiger partial charge in [-0.25, -0.2) is 4.39 Å². The van der Waals surface area contributed by atoms with Crippen molar-refractivity contribution in [1.29, 1.82) is 0 Å². The van der Waals surface area contributed by atoms with Crippen LogP contribution in [0.15, 0.2) is 29.3 Å². The number of methoxy groups -OCH3 is 1. The van der Waals surface area contributed by atoms with Gasteiger partial charge in [0.05, 0.1) is 13.1 Å². The first-order chi connectivity index (χ1) is 14.3. The summed E-state index contributed by atoms with van der Waals surface area (Å²) in [7, 11) is 1.59. The molecule has 31 heavy (non-hydrogen) atoms. The van der Waals surface area contributed by atoms with Crippen molar-refractivity contribution in [3.63, 3.8) is 0 Å². The molecule has 10 heteroatoms. The highest BCUT2D eigenvalue weighted by molar-refractivity contribution is 14.0.